The van der Waals surface area contributed by atoms with Gasteiger partial charge in [-0.05, 0) is 24.3 Å². The number of hydrogen-bond donors (Lipinski definition) is 0. The van der Waals surface area contributed by atoms with E-state index in [4.69, 9.17) is 0 Å². The molecule has 0 saturated carbocycles. The Morgan fingerprint density at radius 3 is 1.62 bits per heavy atom. The molecule has 8 heavy (non-hydrogen) atoms. The lowest BCUT2D eigenvalue weighted by Gasteiger charge is -1.91. The van der Waals surface area contributed by atoms with Crippen molar-refractivity contribution in [2.75, 3.05) is 11.5 Å². The Kier molecular flexibility index (Phi) is 14.5. The molecule has 0 N–H and O–H groups in total. The van der Waals surface area contributed by atoms with Crippen LogP contribution in [0.2, 0.25) is 0 Å². The van der Waals surface area contributed by atoms with Gasteiger partial charge in [0.15, 0.2) is 0 Å². The summed E-state index contributed by atoms with van der Waals surface area (Å²) in [4.78, 5) is 0. The molecule has 0 aromatic rings. The van der Waals surface area contributed by atoms with Crippen molar-refractivity contribution in [3.8, 4) is 0 Å². The molecule has 0 aromatic heterocycles. The maximum absolute atomic E-state index is 2.22. The van der Waals surface area contributed by atoms with E-state index in [9.17, 15) is 0 Å². The van der Waals surface area contributed by atoms with Crippen molar-refractivity contribution in [2.24, 2.45) is 0 Å². The molecule has 0 fully saturated rings. The summed E-state index contributed by atoms with van der Waals surface area (Å²) in [5, 5.41) is 0. The maximum Gasteiger partial charge on any atom is -0.00702 e. The van der Waals surface area contributed by atoms with Gasteiger partial charge >= 0.3 is 0 Å². The zero-order chi connectivity index (χ0) is 5.54. The van der Waals surface area contributed by atoms with E-state index in [0.717, 1.165) is 0 Å². The predicted molar refractivity (Wildman–Crippen MR) is 44.6 cm³/mol. The van der Waals surface area contributed by atoms with Gasteiger partial charge in [0.1, 0.15) is 0 Å². The van der Waals surface area contributed by atoms with Crippen LogP contribution in [0.3, 0.4) is 0 Å². The van der Waals surface area contributed by atoms with Crippen molar-refractivity contribution >= 4 is 11.8 Å². The monoisotopic (exact) mass is 134 g/mol. The van der Waals surface area contributed by atoms with Crippen molar-refractivity contribution in [3.05, 3.63) is 0 Å². The molecule has 0 bridgehead atoms. The molecule has 0 rings (SSSR count). The Hall–Kier alpha value is 0.350. The second-order valence-corrected chi connectivity index (χ2v) is 2.84. The van der Waals surface area contributed by atoms with Crippen LogP contribution in [0.25, 0.3) is 0 Å². The molecule has 0 aliphatic heterocycles. The molecule has 0 amide bonds. The minimum Gasteiger partial charge on any atom is -0.162 e. The van der Waals surface area contributed by atoms with E-state index in [0.29, 0.717) is 0 Å². The molecule has 0 aromatic carbocycles. The van der Waals surface area contributed by atoms with E-state index in [-0.39, 0.29) is 7.43 Å². The average molecular weight is 134 g/mol. The van der Waals surface area contributed by atoms with Crippen LogP contribution >= 0.6 is 11.8 Å². The minimum atomic E-state index is 0. The molecule has 0 aliphatic carbocycles. The molecule has 0 spiro atoms. The lowest BCUT2D eigenvalue weighted by Crippen LogP contribution is -1.76. The molecule has 0 aliphatic rings. The van der Waals surface area contributed by atoms with Crippen LogP contribution in [0, 0.1) is 0 Å². The van der Waals surface area contributed by atoms with Gasteiger partial charge < -0.3 is 0 Å². The number of hydrogen-bond acceptors (Lipinski definition) is 1. The van der Waals surface area contributed by atoms with E-state index < -0.39 is 0 Å². The SMILES string of the molecule is C.CCCSCCC. The van der Waals surface area contributed by atoms with E-state index in [1.807, 2.05) is 0 Å². The smallest absolute Gasteiger partial charge is 0.00702 e. The zero-order valence-corrected chi connectivity index (χ0v) is 6.05. The first-order valence-electron chi connectivity index (χ1n) is 2.99. The van der Waals surface area contributed by atoms with Crippen LogP contribution in [0.5, 0.6) is 0 Å². The molecule has 1 heteroatoms. The highest BCUT2D eigenvalue weighted by atomic mass is 32.2. The Morgan fingerprint density at radius 2 is 1.38 bits per heavy atom. The Balaban J connectivity index is 0. The van der Waals surface area contributed by atoms with Crippen LogP contribution in [0.15, 0.2) is 0 Å². The number of rotatable bonds is 4. The Morgan fingerprint density at radius 1 is 1.00 bits per heavy atom. The highest BCUT2D eigenvalue weighted by Crippen LogP contribution is 2.02. The Labute approximate surface area is 58.1 Å². The maximum atomic E-state index is 2.22. The molecule has 0 atom stereocenters. The van der Waals surface area contributed by atoms with E-state index >= 15 is 0 Å². The van der Waals surface area contributed by atoms with Crippen LogP contribution < -0.4 is 0 Å². The second-order valence-electron chi connectivity index (χ2n) is 1.61. The minimum absolute atomic E-state index is 0. The molecule has 0 heterocycles. The van der Waals surface area contributed by atoms with E-state index in [1.54, 1.807) is 0 Å². The summed E-state index contributed by atoms with van der Waals surface area (Å²) >= 11 is 2.05. The summed E-state index contributed by atoms with van der Waals surface area (Å²) in [6.45, 7) is 4.45. The summed E-state index contributed by atoms with van der Waals surface area (Å²) in [7, 11) is 0. The fourth-order valence-electron chi connectivity index (χ4n) is 0.391. The van der Waals surface area contributed by atoms with Crippen LogP contribution in [0.1, 0.15) is 34.1 Å². The van der Waals surface area contributed by atoms with E-state index in [2.05, 4.69) is 25.6 Å². The van der Waals surface area contributed by atoms with E-state index in [1.165, 1.54) is 24.3 Å². The van der Waals surface area contributed by atoms with Gasteiger partial charge in [-0.25, -0.2) is 0 Å². The summed E-state index contributed by atoms with van der Waals surface area (Å²) in [5.41, 5.74) is 0. The Bertz CT molecular complexity index is 23.6. The lowest BCUT2D eigenvalue weighted by molar-refractivity contribution is 1.07. The highest BCUT2D eigenvalue weighted by Gasteiger charge is 1.79. The van der Waals surface area contributed by atoms with Gasteiger partial charge in [0, 0.05) is 0 Å². The lowest BCUT2D eigenvalue weighted by atomic mass is 10.6. The molecular formula is C7H18S. The second kappa shape index (κ2) is 10.4. The third-order valence-corrected chi connectivity index (χ3v) is 2.09. The molecule has 0 radical (unpaired) electrons. The first-order valence-corrected chi connectivity index (χ1v) is 4.15. The van der Waals surface area contributed by atoms with Crippen LogP contribution in [-0.4, -0.2) is 11.5 Å². The first kappa shape index (κ1) is 11.2. The van der Waals surface area contributed by atoms with Crippen molar-refractivity contribution in [2.45, 2.75) is 34.1 Å². The third kappa shape index (κ3) is 9.61. The topological polar surface area (TPSA) is 0 Å². The zero-order valence-electron chi connectivity index (χ0n) is 5.24. The predicted octanol–water partition coefficient (Wildman–Crippen LogP) is 3.18. The van der Waals surface area contributed by atoms with Gasteiger partial charge in [-0.3, -0.25) is 0 Å². The third-order valence-electron chi connectivity index (χ3n) is 0.697. The standard InChI is InChI=1S/C6H14S.CH4/c1-3-5-7-6-4-2;/h3-6H2,1-2H3;1H4. The van der Waals surface area contributed by atoms with Gasteiger partial charge in [0.25, 0.3) is 0 Å². The molecular weight excluding hydrogens is 116 g/mol. The fourth-order valence-corrected chi connectivity index (χ4v) is 1.17. The molecule has 0 unspecified atom stereocenters. The molecule has 0 nitrogen and oxygen atoms in total. The van der Waals surface area contributed by atoms with Crippen molar-refractivity contribution < 1.29 is 0 Å². The van der Waals surface area contributed by atoms with Crippen LogP contribution in [-0.2, 0) is 0 Å². The van der Waals surface area contributed by atoms with Crippen molar-refractivity contribution in [1.29, 1.82) is 0 Å². The van der Waals surface area contributed by atoms with Crippen LogP contribution in [0.4, 0.5) is 0 Å². The first-order chi connectivity index (χ1) is 3.41. The van der Waals surface area contributed by atoms with Gasteiger partial charge in [-0.15, -0.1) is 0 Å². The number of thioether (sulfide) groups is 1. The van der Waals surface area contributed by atoms with Gasteiger partial charge in [0.2, 0.25) is 0 Å². The largest absolute Gasteiger partial charge is 0.162 e. The van der Waals surface area contributed by atoms with Crippen molar-refractivity contribution in [3.63, 3.8) is 0 Å². The summed E-state index contributed by atoms with van der Waals surface area (Å²) < 4.78 is 0. The van der Waals surface area contributed by atoms with Gasteiger partial charge in [-0.1, -0.05) is 21.3 Å². The summed E-state index contributed by atoms with van der Waals surface area (Å²) in [6, 6.07) is 0. The molecule has 0 saturated heterocycles. The fraction of sp³-hybridized carbons (Fsp3) is 1.00. The van der Waals surface area contributed by atoms with Gasteiger partial charge in [0.05, 0.1) is 0 Å². The molecule has 52 valence electrons. The highest BCUT2D eigenvalue weighted by molar-refractivity contribution is 7.99. The summed E-state index contributed by atoms with van der Waals surface area (Å²) in [5.74, 6) is 2.68. The normalized spacial score (nSPS) is 8.25. The summed E-state index contributed by atoms with van der Waals surface area (Å²) in [6.07, 6.45) is 2.65. The van der Waals surface area contributed by atoms with Gasteiger partial charge in [-0.2, -0.15) is 11.8 Å². The average Bonchev–Trinajstić information content (AvgIpc) is 1.69. The van der Waals surface area contributed by atoms with Crippen molar-refractivity contribution in [1.82, 2.24) is 0 Å². The quantitative estimate of drug-likeness (QED) is 0.532.